The maximum atomic E-state index is 14.7. The van der Waals surface area contributed by atoms with Crippen LogP contribution in [0.4, 0.5) is 4.39 Å². The smallest absolute Gasteiger partial charge is 0.131 e. The van der Waals surface area contributed by atoms with Crippen LogP contribution in [0.25, 0.3) is 22.3 Å². The SMILES string of the molecule is CC=CC(I)c1ccc(-c2ccc(-c3ccc(C)cc3)cc2F)cc1. The Balaban J connectivity index is 1.89. The molecular formula is C23H20FI. The van der Waals surface area contributed by atoms with E-state index in [1.54, 1.807) is 6.07 Å². The van der Waals surface area contributed by atoms with Crippen LogP contribution in [0.5, 0.6) is 0 Å². The summed E-state index contributed by atoms with van der Waals surface area (Å²) in [6.45, 7) is 4.07. The average Bonchev–Trinajstić information content (AvgIpc) is 2.63. The standard InChI is InChI=1S/C23H20FI/c1-3-4-23(25)19-11-9-18(10-12-19)21-14-13-20(15-22(21)24)17-7-5-16(2)6-8-17/h3-15,23H,1-2H3. The molecule has 3 aromatic carbocycles. The van der Waals surface area contributed by atoms with Crippen molar-refractivity contribution in [2.75, 3.05) is 0 Å². The van der Waals surface area contributed by atoms with Crippen molar-refractivity contribution in [2.45, 2.75) is 17.8 Å². The van der Waals surface area contributed by atoms with E-state index in [2.05, 4.69) is 46.9 Å². The maximum Gasteiger partial charge on any atom is 0.131 e. The average molecular weight is 442 g/mol. The summed E-state index contributed by atoms with van der Waals surface area (Å²) in [5.74, 6) is -0.190. The summed E-state index contributed by atoms with van der Waals surface area (Å²) in [4.78, 5) is 0. The molecule has 3 aromatic rings. The number of rotatable bonds is 4. The van der Waals surface area contributed by atoms with Crippen molar-refractivity contribution in [3.05, 3.63) is 95.8 Å². The molecule has 1 unspecified atom stereocenters. The molecule has 0 aliphatic carbocycles. The lowest BCUT2D eigenvalue weighted by molar-refractivity contribution is 0.632. The second-order valence-electron chi connectivity index (χ2n) is 6.11. The zero-order chi connectivity index (χ0) is 17.8. The Morgan fingerprint density at radius 2 is 1.44 bits per heavy atom. The second-order valence-corrected chi connectivity index (χ2v) is 7.45. The predicted molar refractivity (Wildman–Crippen MR) is 114 cm³/mol. The third-order valence-corrected chi connectivity index (χ3v) is 5.39. The molecule has 0 saturated carbocycles. The third kappa shape index (κ3) is 4.18. The highest BCUT2D eigenvalue weighted by Gasteiger charge is 2.09. The van der Waals surface area contributed by atoms with Gasteiger partial charge in [-0.15, -0.1) is 0 Å². The fraction of sp³-hybridized carbons (Fsp3) is 0.130. The van der Waals surface area contributed by atoms with Crippen LogP contribution in [0.3, 0.4) is 0 Å². The van der Waals surface area contributed by atoms with Gasteiger partial charge in [0.1, 0.15) is 5.82 Å². The quantitative estimate of drug-likeness (QED) is 0.223. The number of hydrogen-bond donors (Lipinski definition) is 0. The van der Waals surface area contributed by atoms with Crippen LogP contribution in [0.15, 0.2) is 78.9 Å². The molecule has 0 saturated heterocycles. The molecule has 0 N–H and O–H groups in total. The molecule has 3 rings (SSSR count). The van der Waals surface area contributed by atoms with Gasteiger partial charge in [-0.1, -0.05) is 101 Å². The van der Waals surface area contributed by atoms with Gasteiger partial charge in [0.25, 0.3) is 0 Å². The van der Waals surface area contributed by atoms with Gasteiger partial charge in [-0.25, -0.2) is 4.39 Å². The fourth-order valence-electron chi connectivity index (χ4n) is 2.80. The summed E-state index contributed by atoms with van der Waals surface area (Å²) in [6.07, 6.45) is 4.20. The Morgan fingerprint density at radius 1 is 0.840 bits per heavy atom. The van der Waals surface area contributed by atoms with Gasteiger partial charge in [0, 0.05) is 5.56 Å². The lowest BCUT2D eigenvalue weighted by atomic mass is 9.98. The molecule has 0 spiro atoms. The van der Waals surface area contributed by atoms with Gasteiger partial charge >= 0.3 is 0 Å². The van der Waals surface area contributed by atoms with E-state index in [9.17, 15) is 4.39 Å². The minimum Gasteiger partial charge on any atom is -0.206 e. The van der Waals surface area contributed by atoms with E-state index in [1.165, 1.54) is 11.1 Å². The van der Waals surface area contributed by atoms with Gasteiger partial charge in [0.05, 0.1) is 3.92 Å². The summed E-state index contributed by atoms with van der Waals surface area (Å²) >= 11 is 2.39. The van der Waals surface area contributed by atoms with Crippen molar-refractivity contribution in [3.8, 4) is 22.3 Å². The Hall–Kier alpha value is -1.94. The van der Waals surface area contributed by atoms with Crippen LogP contribution < -0.4 is 0 Å². The monoisotopic (exact) mass is 442 g/mol. The molecule has 0 bridgehead atoms. The first-order valence-electron chi connectivity index (χ1n) is 8.32. The summed E-state index contributed by atoms with van der Waals surface area (Å²) in [7, 11) is 0. The number of aryl methyl sites for hydroxylation is 1. The predicted octanol–water partition coefficient (Wildman–Crippen LogP) is 7.52. The van der Waals surface area contributed by atoms with Gasteiger partial charge in [-0.05, 0) is 42.2 Å². The number of allylic oxidation sites excluding steroid dienone is 2. The van der Waals surface area contributed by atoms with Gasteiger partial charge < -0.3 is 0 Å². The second kappa shape index (κ2) is 7.96. The molecule has 126 valence electrons. The van der Waals surface area contributed by atoms with E-state index in [-0.39, 0.29) is 5.82 Å². The van der Waals surface area contributed by atoms with Crippen molar-refractivity contribution in [2.24, 2.45) is 0 Å². The first kappa shape index (κ1) is 17.9. The van der Waals surface area contributed by atoms with Crippen LogP contribution in [-0.2, 0) is 0 Å². The highest BCUT2D eigenvalue weighted by atomic mass is 127. The van der Waals surface area contributed by atoms with E-state index < -0.39 is 0 Å². The molecule has 0 fully saturated rings. The molecular weight excluding hydrogens is 422 g/mol. The highest BCUT2D eigenvalue weighted by molar-refractivity contribution is 14.1. The number of hydrogen-bond acceptors (Lipinski definition) is 0. The lowest BCUT2D eigenvalue weighted by Gasteiger charge is -2.09. The van der Waals surface area contributed by atoms with Gasteiger partial charge in [0.15, 0.2) is 0 Å². The zero-order valence-electron chi connectivity index (χ0n) is 14.3. The van der Waals surface area contributed by atoms with E-state index in [4.69, 9.17) is 0 Å². The molecule has 0 heterocycles. The normalized spacial score (nSPS) is 12.5. The Kier molecular flexibility index (Phi) is 5.69. The van der Waals surface area contributed by atoms with Gasteiger partial charge in [0.2, 0.25) is 0 Å². The minimum absolute atomic E-state index is 0.190. The van der Waals surface area contributed by atoms with Crippen molar-refractivity contribution in [1.29, 1.82) is 0 Å². The zero-order valence-corrected chi connectivity index (χ0v) is 16.5. The molecule has 1 atom stereocenters. The topological polar surface area (TPSA) is 0 Å². The Labute approximate surface area is 162 Å². The van der Waals surface area contributed by atoms with Gasteiger partial charge in [-0.2, -0.15) is 0 Å². The molecule has 0 aliphatic heterocycles. The van der Waals surface area contributed by atoms with Crippen LogP contribution in [-0.4, -0.2) is 0 Å². The fourth-order valence-corrected chi connectivity index (χ4v) is 3.63. The summed E-state index contributed by atoms with van der Waals surface area (Å²) in [5, 5.41) is 0. The molecule has 2 heteroatoms. The first-order chi connectivity index (χ1) is 12.1. The van der Waals surface area contributed by atoms with Crippen molar-refractivity contribution in [3.63, 3.8) is 0 Å². The van der Waals surface area contributed by atoms with E-state index in [1.807, 2.05) is 62.4 Å². The van der Waals surface area contributed by atoms with E-state index in [0.717, 1.165) is 16.7 Å². The molecule has 0 radical (unpaired) electrons. The molecule has 25 heavy (non-hydrogen) atoms. The summed E-state index contributed by atoms with van der Waals surface area (Å²) < 4.78 is 15.0. The molecule has 0 aliphatic rings. The minimum atomic E-state index is -0.190. The lowest BCUT2D eigenvalue weighted by Crippen LogP contribution is -1.89. The largest absolute Gasteiger partial charge is 0.206 e. The molecule has 0 aromatic heterocycles. The summed E-state index contributed by atoms with van der Waals surface area (Å²) in [5.41, 5.74) is 5.90. The van der Waals surface area contributed by atoms with Crippen LogP contribution in [0, 0.1) is 12.7 Å². The van der Waals surface area contributed by atoms with E-state index in [0.29, 0.717) is 9.49 Å². The highest BCUT2D eigenvalue weighted by Crippen LogP contribution is 2.31. The first-order valence-corrected chi connectivity index (χ1v) is 9.57. The third-order valence-electron chi connectivity index (χ3n) is 4.26. The van der Waals surface area contributed by atoms with Crippen molar-refractivity contribution >= 4 is 22.6 Å². The molecule has 0 amide bonds. The number of benzene rings is 3. The Bertz CT molecular complexity index is 877. The number of halogens is 2. The van der Waals surface area contributed by atoms with E-state index >= 15 is 0 Å². The van der Waals surface area contributed by atoms with Crippen molar-refractivity contribution in [1.82, 2.24) is 0 Å². The Morgan fingerprint density at radius 3 is 2.04 bits per heavy atom. The van der Waals surface area contributed by atoms with Crippen molar-refractivity contribution < 1.29 is 4.39 Å². The van der Waals surface area contributed by atoms with Crippen LogP contribution in [0.1, 0.15) is 22.0 Å². The number of alkyl halides is 1. The molecule has 0 nitrogen and oxygen atoms in total. The summed E-state index contributed by atoms with van der Waals surface area (Å²) in [6, 6.07) is 21.7. The maximum absolute atomic E-state index is 14.7. The van der Waals surface area contributed by atoms with Crippen LogP contribution >= 0.6 is 22.6 Å². The van der Waals surface area contributed by atoms with Gasteiger partial charge in [-0.3, -0.25) is 0 Å². The van der Waals surface area contributed by atoms with Crippen LogP contribution in [0.2, 0.25) is 0 Å².